The summed E-state index contributed by atoms with van der Waals surface area (Å²) in [7, 11) is 1.90. The number of nitrogens with zero attached hydrogens (tertiary/aromatic N) is 1. The van der Waals surface area contributed by atoms with Gasteiger partial charge < -0.3 is 10.2 Å². The van der Waals surface area contributed by atoms with E-state index < -0.39 is 0 Å². The van der Waals surface area contributed by atoms with Gasteiger partial charge >= 0.3 is 0 Å². The Morgan fingerprint density at radius 3 is 2.32 bits per heavy atom. The first kappa shape index (κ1) is 14.1. The molecule has 1 aliphatic rings. The van der Waals surface area contributed by atoms with Crippen LogP contribution in [0.2, 0.25) is 0 Å². The average Bonchev–Trinajstić information content (AvgIpc) is 2.42. The molecule has 0 spiro atoms. The van der Waals surface area contributed by atoms with Crippen molar-refractivity contribution in [2.45, 2.75) is 33.6 Å². The molecule has 0 unspecified atom stereocenters. The Balaban J connectivity index is 2.21. The van der Waals surface area contributed by atoms with Crippen molar-refractivity contribution in [1.82, 2.24) is 5.32 Å². The molecule has 0 atom stereocenters. The highest BCUT2D eigenvalue weighted by Gasteiger charge is 2.25. The highest BCUT2D eigenvalue weighted by molar-refractivity contribution is 5.95. The van der Waals surface area contributed by atoms with E-state index in [1.807, 2.05) is 11.9 Å². The SMILES string of the molecule is Cc1cc(C)c(N(C)C(=O)C2CCNCC2)cc1C. The molecule has 1 saturated heterocycles. The summed E-state index contributed by atoms with van der Waals surface area (Å²) in [6.45, 7) is 8.20. The minimum atomic E-state index is 0.173. The molecule has 1 N–H and O–H groups in total. The van der Waals surface area contributed by atoms with Gasteiger partial charge in [-0.15, -0.1) is 0 Å². The van der Waals surface area contributed by atoms with E-state index in [1.54, 1.807) is 0 Å². The standard InChI is InChI=1S/C16H24N2O/c1-11-9-13(3)15(10-12(11)2)18(4)16(19)14-5-7-17-8-6-14/h9-10,14,17H,5-8H2,1-4H3. The number of benzene rings is 1. The van der Waals surface area contributed by atoms with Crippen LogP contribution in [0.25, 0.3) is 0 Å². The molecule has 2 rings (SSSR count). The molecule has 0 aromatic heterocycles. The molecule has 1 heterocycles. The van der Waals surface area contributed by atoms with Crippen LogP contribution in [0.3, 0.4) is 0 Å². The Hall–Kier alpha value is -1.35. The third-order valence-electron chi connectivity index (χ3n) is 4.19. The predicted octanol–water partition coefficient (Wildman–Crippen LogP) is 2.57. The molecule has 0 radical (unpaired) electrons. The fourth-order valence-corrected chi connectivity index (χ4v) is 2.77. The fraction of sp³-hybridized carbons (Fsp3) is 0.562. The van der Waals surface area contributed by atoms with Gasteiger partial charge in [0.1, 0.15) is 0 Å². The van der Waals surface area contributed by atoms with Crippen LogP contribution < -0.4 is 10.2 Å². The lowest BCUT2D eigenvalue weighted by atomic mass is 9.96. The Kier molecular flexibility index (Phi) is 4.25. The number of hydrogen-bond donors (Lipinski definition) is 1. The van der Waals surface area contributed by atoms with E-state index in [0.717, 1.165) is 31.6 Å². The summed E-state index contributed by atoms with van der Waals surface area (Å²) < 4.78 is 0. The van der Waals surface area contributed by atoms with E-state index in [4.69, 9.17) is 0 Å². The number of carbonyl (C=O) groups is 1. The summed E-state index contributed by atoms with van der Waals surface area (Å²) in [6.07, 6.45) is 1.90. The van der Waals surface area contributed by atoms with E-state index in [1.165, 1.54) is 16.7 Å². The Bertz CT molecular complexity index is 476. The maximum atomic E-state index is 12.5. The van der Waals surface area contributed by atoms with Crippen LogP contribution >= 0.6 is 0 Å². The summed E-state index contributed by atoms with van der Waals surface area (Å²) in [5.41, 5.74) is 4.74. The molecule has 3 heteroatoms. The smallest absolute Gasteiger partial charge is 0.229 e. The topological polar surface area (TPSA) is 32.3 Å². The zero-order valence-corrected chi connectivity index (χ0v) is 12.4. The van der Waals surface area contributed by atoms with Gasteiger partial charge in [-0.25, -0.2) is 0 Å². The number of piperidine rings is 1. The normalized spacial score (nSPS) is 16.4. The van der Waals surface area contributed by atoms with Gasteiger partial charge in [0.15, 0.2) is 0 Å². The van der Waals surface area contributed by atoms with Gasteiger partial charge in [0.05, 0.1) is 0 Å². The van der Waals surface area contributed by atoms with Gasteiger partial charge in [-0.05, 0) is 69.5 Å². The first-order valence-electron chi connectivity index (χ1n) is 7.07. The summed E-state index contributed by atoms with van der Waals surface area (Å²) in [5.74, 6) is 0.431. The first-order chi connectivity index (χ1) is 9.00. The van der Waals surface area contributed by atoms with E-state index in [-0.39, 0.29) is 11.8 Å². The van der Waals surface area contributed by atoms with Gasteiger partial charge in [-0.1, -0.05) is 6.07 Å². The van der Waals surface area contributed by atoms with Crippen molar-refractivity contribution in [3.8, 4) is 0 Å². The largest absolute Gasteiger partial charge is 0.317 e. The van der Waals surface area contributed by atoms with Gasteiger partial charge in [0.2, 0.25) is 5.91 Å². The molecule has 1 aromatic carbocycles. The zero-order valence-electron chi connectivity index (χ0n) is 12.4. The Morgan fingerprint density at radius 2 is 1.68 bits per heavy atom. The molecule has 0 bridgehead atoms. The number of nitrogens with one attached hydrogen (secondary N) is 1. The molecular formula is C16H24N2O. The van der Waals surface area contributed by atoms with Crippen molar-refractivity contribution in [3.63, 3.8) is 0 Å². The molecule has 1 amide bonds. The van der Waals surface area contributed by atoms with Crippen molar-refractivity contribution in [2.24, 2.45) is 5.92 Å². The van der Waals surface area contributed by atoms with Crippen molar-refractivity contribution >= 4 is 11.6 Å². The minimum Gasteiger partial charge on any atom is -0.317 e. The molecule has 19 heavy (non-hydrogen) atoms. The zero-order chi connectivity index (χ0) is 14.0. The van der Waals surface area contributed by atoms with E-state index in [9.17, 15) is 4.79 Å². The number of rotatable bonds is 2. The van der Waals surface area contributed by atoms with Gasteiger partial charge in [0, 0.05) is 18.7 Å². The predicted molar refractivity (Wildman–Crippen MR) is 79.7 cm³/mol. The Morgan fingerprint density at radius 1 is 1.11 bits per heavy atom. The molecule has 0 saturated carbocycles. The quantitative estimate of drug-likeness (QED) is 0.886. The van der Waals surface area contributed by atoms with Crippen LogP contribution in [-0.4, -0.2) is 26.0 Å². The number of anilines is 1. The Labute approximate surface area is 116 Å². The van der Waals surface area contributed by atoms with Crippen molar-refractivity contribution in [2.75, 3.05) is 25.0 Å². The van der Waals surface area contributed by atoms with Gasteiger partial charge in [-0.2, -0.15) is 0 Å². The molecule has 1 aromatic rings. The second-order valence-corrected chi connectivity index (χ2v) is 5.64. The highest BCUT2D eigenvalue weighted by atomic mass is 16.2. The van der Waals surface area contributed by atoms with E-state index in [0.29, 0.717) is 0 Å². The summed E-state index contributed by atoms with van der Waals surface area (Å²) in [5, 5.41) is 3.31. The first-order valence-corrected chi connectivity index (χ1v) is 7.07. The minimum absolute atomic E-state index is 0.173. The van der Waals surface area contributed by atoms with Gasteiger partial charge in [-0.3, -0.25) is 4.79 Å². The molecule has 3 nitrogen and oxygen atoms in total. The maximum Gasteiger partial charge on any atom is 0.229 e. The van der Waals surface area contributed by atoms with Crippen LogP contribution in [0, 0.1) is 26.7 Å². The molecule has 104 valence electrons. The lowest BCUT2D eigenvalue weighted by Gasteiger charge is -2.28. The van der Waals surface area contributed by atoms with Crippen molar-refractivity contribution in [1.29, 1.82) is 0 Å². The number of carbonyl (C=O) groups excluding carboxylic acids is 1. The molecule has 1 fully saturated rings. The van der Waals surface area contributed by atoms with Crippen LogP contribution in [0.15, 0.2) is 12.1 Å². The summed E-state index contributed by atoms with van der Waals surface area (Å²) in [6, 6.07) is 4.29. The monoisotopic (exact) mass is 260 g/mol. The summed E-state index contributed by atoms with van der Waals surface area (Å²) >= 11 is 0. The number of aryl methyl sites for hydroxylation is 3. The number of hydrogen-bond acceptors (Lipinski definition) is 2. The fourth-order valence-electron chi connectivity index (χ4n) is 2.77. The van der Waals surface area contributed by atoms with Crippen LogP contribution in [0.4, 0.5) is 5.69 Å². The van der Waals surface area contributed by atoms with Crippen molar-refractivity contribution in [3.05, 3.63) is 28.8 Å². The van der Waals surface area contributed by atoms with Crippen LogP contribution in [0.5, 0.6) is 0 Å². The molecule has 1 aliphatic heterocycles. The van der Waals surface area contributed by atoms with E-state index in [2.05, 4.69) is 38.2 Å². The van der Waals surface area contributed by atoms with E-state index >= 15 is 0 Å². The third kappa shape index (κ3) is 2.98. The van der Waals surface area contributed by atoms with Crippen LogP contribution in [0.1, 0.15) is 29.5 Å². The lowest BCUT2D eigenvalue weighted by Crippen LogP contribution is -2.39. The number of amides is 1. The maximum absolute atomic E-state index is 12.5. The molecule has 0 aliphatic carbocycles. The molecular weight excluding hydrogens is 236 g/mol. The third-order valence-corrected chi connectivity index (χ3v) is 4.19. The lowest BCUT2D eigenvalue weighted by molar-refractivity contribution is -0.122. The van der Waals surface area contributed by atoms with Crippen LogP contribution in [-0.2, 0) is 4.79 Å². The second-order valence-electron chi connectivity index (χ2n) is 5.64. The van der Waals surface area contributed by atoms with Gasteiger partial charge in [0.25, 0.3) is 0 Å². The highest BCUT2D eigenvalue weighted by Crippen LogP contribution is 2.26. The average molecular weight is 260 g/mol. The van der Waals surface area contributed by atoms with Crippen molar-refractivity contribution < 1.29 is 4.79 Å². The summed E-state index contributed by atoms with van der Waals surface area (Å²) in [4.78, 5) is 14.4. The second kappa shape index (κ2) is 5.74.